The Morgan fingerprint density at radius 3 is 2.33 bits per heavy atom. The molecule has 0 radical (unpaired) electrons. The van der Waals surface area contributed by atoms with Crippen molar-refractivity contribution in [1.82, 2.24) is 5.32 Å². The summed E-state index contributed by atoms with van der Waals surface area (Å²) in [6.07, 6.45) is 0. The van der Waals surface area contributed by atoms with Gasteiger partial charge in [-0.05, 0) is 6.92 Å². The molecule has 6 heteroatoms. The number of carboxylic acids is 1. The number of hydrogen-bond donors (Lipinski definition) is 4. The lowest BCUT2D eigenvalue weighted by Crippen LogP contribution is -2.48. The largest absolute Gasteiger partial charge is 0.480 e. The average Bonchev–Trinajstić information content (AvgIpc) is 1.98. The van der Waals surface area contributed by atoms with Gasteiger partial charge in [-0.2, -0.15) is 0 Å². The number of carbonyl (C=O) groups is 2. The van der Waals surface area contributed by atoms with Crippen LogP contribution in [0.1, 0.15) is 6.92 Å². The standard InChI is InChI=1S/C6H12N2O4/c1-3(7)5(10)8-4(2-9)6(11)12/h3-4,9H,2,7H2,1H3,(H,8,10)(H,11,12)/t3-,4+/m0/s1. The number of aliphatic carboxylic acids is 1. The summed E-state index contributed by atoms with van der Waals surface area (Å²) in [5.41, 5.74) is 5.15. The van der Waals surface area contributed by atoms with Gasteiger partial charge >= 0.3 is 5.97 Å². The molecule has 0 bridgehead atoms. The summed E-state index contributed by atoms with van der Waals surface area (Å²) in [5, 5.41) is 18.9. The first-order valence-corrected chi connectivity index (χ1v) is 3.38. The minimum absolute atomic E-state index is 0.601. The molecule has 2 atom stereocenters. The van der Waals surface area contributed by atoms with Gasteiger partial charge in [-0.1, -0.05) is 0 Å². The molecule has 1 amide bonds. The molecule has 0 aromatic heterocycles. The fourth-order valence-electron chi connectivity index (χ4n) is 0.489. The number of nitrogens with two attached hydrogens (primary N) is 1. The molecule has 5 N–H and O–H groups in total. The Morgan fingerprint density at radius 2 is 2.08 bits per heavy atom. The lowest BCUT2D eigenvalue weighted by Gasteiger charge is -2.12. The number of carbonyl (C=O) groups excluding carboxylic acids is 1. The Balaban J connectivity index is 4.03. The van der Waals surface area contributed by atoms with Crippen LogP contribution in [0, 0.1) is 0 Å². The second-order valence-electron chi connectivity index (χ2n) is 2.37. The van der Waals surface area contributed by atoms with Crippen molar-refractivity contribution in [1.29, 1.82) is 0 Å². The molecule has 0 fully saturated rings. The summed E-state index contributed by atoms with van der Waals surface area (Å²) < 4.78 is 0. The van der Waals surface area contributed by atoms with E-state index < -0.39 is 30.6 Å². The topological polar surface area (TPSA) is 113 Å². The van der Waals surface area contributed by atoms with Crippen molar-refractivity contribution in [3.63, 3.8) is 0 Å². The third-order valence-electron chi connectivity index (χ3n) is 1.21. The van der Waals surface area contributed by atoms with Crippen LogP contribution < -0.4 is 11.1 Å². The van der Waals surface area contributed by atoms with Crippen LogP contribution in [0.15, 0.2) is 0 Å². The quantitative estimate of drug-likeness (QED) is 0.392. The van der Waals surface area contributed by atoms with Crippen LogP contribution in [0.5, 0.6) is 0 Å². The van der Waals surface area contributed by atoms with Crippen LogP contribution in [0.3, 0.4) is 0 Å². The molecular formula is C6H12N2O4. The smallest absolute Gasteiger partial charge is 0.328 e. The van der Waals surface area contributed by atoms with Gasteiger partial charge in [0.25, 0.3) is 0 Å². The minimum Gasteiger partial charge on any atom is -0.480 e. The lowest BCUT2D eigenvalue weighted by molar-refractivity contribution is -0.143. The molecule has 70 valence electrons. The Kier molecular flexibility index (Phi) is 4.24. The zero-order valence-electron chi connectivity index (χ0n) is 6.65. The van der Waals surface area contributed by atoms with Gasteiger partial charge in [-0.25, -0.2) is 4.79 Å². The van der Waals surface area contributed by atoms with Gasteiger partial charge in [0, 0.05) is 0 Å². The molecule has 6 nitrogen and oxygen atoms in total. The van der Waals surface area contributed by atoms with E-state index in [9.17, 15) is 9.59 Å². The third kappa shape index (κ3) is 3.31. The van der Waals surface area contributed by atoms with Gasteiger partial charge in [-0.3, -0.25) is 4.79 Å². The molecular weight excluding hydrogens is 164 g/mol. The molecule has 0 heterocycles. The zero-order valence-corrected chi connectivity index (χ0v) is 6.65. The third-order valence-corrected chi connectivity index (χ3v) is 1.21. The number of rotatable bonds is 4. The Labute approximate surface area is 69.4 Å². The second-order valence-corrected chi connectivity index (χ2v) is 2.37. The summed E-state index contributed by atoms with van der Waals surface area (Å²) in [6.45, 7) is 0.777. The number of hydrogen-bond acceptors (Lipinski definition) is 4. The highest BCUT2D eigenvalue weighted by Crippen LogP contribution is 1.84. The second kappa shape index (κ2) is 4.68. The number of aliphatic hydroxyl groups excluding tert-OH is 1. The molecule has 0 aromatic carbocycles. The summed E-state index contributed by atoms with van der Waals surface area (Å²) in [7, 11) is 0. The fraction of sp³-hybridized carbons (Fsp3) is 0.667. The minimum atomic E-state index is -1.29. The number of carboxylic acid groups (broad SMARTS) is 1. The van der Waals surface area contributed by atoms with E-state index >= 15 is 0 Å². The first-order valence-electron chi connectivity index (χ1n) is 3.38. The van der Waals surface area contributed by atoms with E-state index in [0.29, 0.717) is 0 Å². The Morgan fingerprint density at radius 1 is 1.58 bits per heavy atom. The van der Waals surface area contributed by atoms with Gasteiger partial charge in [0.2, 0.25) is 5.91 Å². The first kappa shape index (κ1) is 10.9. The lowest BCUT2D eigenvalue weighted by atomic mass is 10.2. The maximum Gasteiger partial charge on any atom is 0.328 e. The Hall–Kier alpha value is -1.14. The highest BCUT2D eigenvalue weighted by Gasteiger charge is 2.19. The van der Waals surface area contributed by atoms with E-state index in [-0.39, 0.29) is 0 Å². The molecule has 0 aliphatic carbocycles. The van der Waals surface area contributed by atoms with Gasteiger partial charge in [0.05, 0.1) is 12.6 Å². The van der Waals surface area contributed by atoms with Crippen LogP contribution in [0.4, 0.5) is 0 Å². The van der Waals surface area contributed by atoms with E-state index in [1.807, 2.05) is 0 Å². The molecule has 0 aliphatic heterocycles. The molecule has 12 heavy (non-hydrogen) atoms. The van der Waals surface area contributed by atoms with Crippen molar-refractivity contribution in [2.24, 2.45) is 5.73 Å². The average molecular weight is 176 g/mol. The first-order chi connectivity index (χ1) is 5.49. The highest BCUT2D eigenvalue weighted by atomic mass is 16.4. The number of amides is 1. The van der Waals surface area contributed by atoms with E-state index in [0.717, 1.165) is 0 Å². The van der Waals surface area contributed by atoms with Crippen molar-refractivity contribution >= 4 is 11.9 Å². The van der Waals surface area contributed by atoms with Crippen molar-refractivity contribution in [3.8, 4) is 0 Å². The highest BCUT2D eigenvalue weighted by molar-refractivity contribution is 5.86. The molecule has 0 aliphatic rings. The normalized spacial score (nSPS) is 14.9. The Bertz CT molecular complexity index is 180. The van der Waals surface area contributed by atoms with E-state index in [2.05, 4.69) is 5.32 Å². The fourth-order valence-corrected chi connectivity index (χ4v) is 0.489. The molecule has 0 unspecified atom stereocenters. The van der Waals surface area contributed by atoms with Crippen LogP contribution in [0.2, 0.25) is 0 Å². The maximum absolute atomic E-state index is 10.8. The van der Waals surface area contributed by atoms with Crippen molar-refractivity contribution in [3.05, 3.63) is 0 Å². The molecule has 0 aromatic rings. The van der Waals surface area contributed by atoms with Crippen molar-refractivity contribution < 1.29 is 19.8 Å². The summed E-state index contributed by atoms with van der Waals surface area (Å²) in [5.74, 6) is -1.89. The van der Waals surface area contributed by atoms with Crippen LogP contribution in [-0.2, 0) is 9.59 Å². The summed E-state index contributed by atoms with van der Waals surface area (Å²) >= 11 is 0. The molecule has 0 saturated heterocycles. The predicted molar refractivity (Wildman–Crippen MR) is 40.3 cm³/mol. The van der Waals surface area contributed by atoms with E-state index in [1.165, 1.54) is 6.92 Å². The van der Waals surface area contributed by atoms with Crippen LogP contribution in [0.25, 0.3) is 0 Å². The van der Waals surface area contributed by atoms with E-state index in [4.69, 9.17) is 15.9 Å². The van der Waals surface area contributed by atoms with Crippen LogP contribution in [-0.4, -0.2) is 40.8 Å². The van der Waals surface area contributed by atoms with Gasteiger partial charge in [0.15, 0.2) is 0 Å². The number of nitrogens with one attached hydrogen (secondary N) is 1. The molecule has 0 rings (SSSR count). The summed E-state index contributed by atoms with van der Waals surface area (Å²) in [4.78, 5) is 21.1. The van der Waals surface area contributed by atoms with E-state index in [1.54, 1.807) is 0 Å². The molecule has 0 spiro atoms. The number of aliphatic hydroxyl groups is 1. The van der Waals surface area contributed by atoms with Gasteiger partial charge in [-0.15, -0.1) is 0 Å². The van der Waals surface area contributed by atoms with Gasteiger partial charge in [0.1, 0.15) is 6.04 Å². The predicted octanol–water partition coefficient (Wildman–Crippen LogP) is -2.10. The van der Waals surface area contributed by atoms with Crippen LogP contribution >= 0.6 is 0 Å². The molecule has 0 saturated carbocycles. The van der Waals surface area contributed by atoms with Crippen molar-refractivity contribution in [2.75, 3.05) is 6.61 Å². The summed E-state index contributed by atoms with van der Waals surface area (Å²) in [6, 6.07) is -2.05. The van der Waals surface area contributed by atoms with Gasteiger partial charge < -0.3 is 21.3 Å². The monoisotopic (exact) mass is 176 g/mol. The zero-order chi connectivity index (χ0) is 9.72. The van der Waals surface area contributed by atoms with Crippen molar-refractivity contribution in [2.45, 2.75) is 19.0 Å². The maximum atomic E-state index is 10.8. The SMILES string of the molecule is C[C@H](N)C(=O)N[C@H](CO)C(=O)O.